The van der Waals surface area contributed by atoms with E-state index in [9.17, 15) is 14.4 Å². The van der Waals surface area contributed by atoms with Gasteiger partial charge in [-0.1, -0.05) is 12.1 Å². The fourth-order valence-electron chi connectivity index (χ4n) is 2.07. The number of imide groups is 1. The number of nitrogens with one attached hydrogen (secondary N) is 1. The molecule has 0 aromatic carbocycles. The molecule has 3 N–H and O–H groups in total. The first-order valence-electron chi connectivity index (χ1n) is 6.27. The molecule has 108 valence electrons. The van der Waals surface area contributed by atoms with Crippen molar-refractivity contribution in [1.29, 1.82) is 0 Å². The Hall–Kier alpha value is -2.29. The van der Waals surface area contributed by atoms with Crippen LogP contribution in [-0.2, 0) is 27.5 Å². The zero-order valence-electron chi connectivity index (χ0n) is 11.1. The predicted molar refractivity (Wildman–Crippen MR) is 66.9 cm³/mol. The van der Waals surface area contributed by atoms with E-state index in [-0.39, 0.29) is 25.5 Å². The van der Waals surface area contributed by atoms with Crippen LogP contribution in [0.5, 0.6) is 0 Å². The first-order valence-corrected chi connectivity index (χ1v) is 6.27. The molecule has 2 rings (SSSR count). The average Bonchev–Trinajstić information content (AvgIpc) is 2.85. The molecule has 9 heteroatoms. The summed E-state index contributed by atoms with van der Waals surface area (Å²) in [5, 5.41) is 9.76. The Balaban J connectivity index is 2.09. The summed E-state index contributed by atoms with van der Waals surface area (Å²) in [4.78, 5) is 36.5. The van der Waals surface area contributed by atoms with E-state index in [0.717, 1.165) is 0 Å². The van der Waals surface area contributed by atoms with Crippen LogP contribution < -0.4 is 11.1 Å². The topological polar surface area (TPSA) is 123 Å². The maximum absolute atomic E-state index is 12.2. The highest BCUT2D eigenvalue weighted by molar-refractivity contribution is 6.04. The van der Waals surface area contributed by atoms with Crippen LogP contribution in [0.3, 0.4) is 0 Å². The van der Waals surface area contributed by atoms with Gasteiger partial charge in [0.2, 0.25) is 17.7 Å². The number of amides is 3. The summed E-state index contributed by atoms with van der Waals surface area (Å²) in [5.41, 5.74) is 5.97. The van der Waals surface area contributed by atoms with Crippen LogP contribution >= 0.6 is 0 Å². The molecule has 20 heavy (non-hydrogen) atoms. The average molecular weight is 280 g/mol. The maximum Gasteiger partial charge on any atom is 0.249 e. The SMILES string of the molecule is CCC1C(=O)NC(=O)CN1C(=O)Cn1cc(CN)nn1. The number of nitrogens with two attached hydrogens (primary N) is 1. The minimum absolute atomic E-state index is 0.0793. The van der Waals surface area contributed by atoms with Crippen molar-refractivity contribution in [2.45, 2.75) is 32.5 Å². The minimum Gasteiger partial charge on any atom is -0.325 e. The molecule has 0 spiro atoms. The molecule has 1 unspecified atom stereocenters. The largest absolute Gasteiger partial charge is 0.325 e. The highest BCUT2D eigenvalue weighted by Crippen LogP contribution is 2.10. The highest BCUT2D eigenvalue weighted by atomic mass is 16.2. The lowest BCUT2D eigenvalue weighted by molar-refractivity contribution is -0.150. The Morgan fingerprint density at radius 1 is 1.55 bits per heavy atom. The van der Waals surface area contributed by atoms with Crippen molar-refractivity contribution < 1.29 is 14.4 Å². The molecule has 1 atom stereocenters. The van der Waals surface area contributed by atoms with Gasteiger partial charge < -0.3 is 10.6 Å². The third-order valence-corrected chi connectivity index (χ3v) is 3.05. The monoisotopic (exact) mass is 280 g/mol. The Labute approximate surface area is 115 Å². The van der Waals surface area contributed by atoms with Crippen molar-refractivity contribution in [2.75, 3.05) is 6.54 Å². The fraction of sp³-hybridized carbons (Fsp3) is 0.545. The number of rotatable bonds is 4. The maximum atomic E-state index is 12.2. The van der Waals surface area contributed by atoms with Crippen LogP contribution in [0.15, 0.2) is 6.20 Å². The Bertz CT molecular complexity index is 540. The van der Waals surface area contributed by atoms with Gasteiger partial charge in [0.1, 0.15) is 19.1 Å². The van der Waals surface area contributed by atoms with Gasteiger partial charge in [-0.05, 0) is 6.42 Å². The Kier molecular flexibility index (Phi) is 4.08. The lowest BCUT2D eigenvalue weighted by Gasteiger charge is -2.33. The van der Waals surface area contributed by atoms with Crippen molar-refractivity contribution in [3.8, 4) is 0 Å². The van der Waals surface area contributed by atoms with Gasteiger partial charge in [0, 0.05) is 6.54 Å². The van der Waals surface area contributed by atoms with E-state index in [1.165, 1.54) is 9.58 Å². The molecular formula is C11H16N6O3. The van der Waals surface area contributed by atoms with Gasteiger partial charge in [0.15, 0.2) is 0 Å². The van der Waals surface area contributed by atoms with Crippen molar-refractivity contribution in [3.05, 3.63) is 11.9 Å². The summed E-state index contributed by atoms with van der Waals surface area (Å²) >= 11 is 0. The van der Waals surface area contributed by atoms with Crippen LogP contribution in [0.2, 0.25) is 0 Å². The highest BCUT2D eigenvalue weighted by Gasteiger charge is 2.35. The molecule has 1 aliphatic rings. The summed E-state index contributed by atoms with van der Waals surface area (Å²) in [7, 11) is 0. The van der Waals surface area contributed by atoms with Crippen LogP contribution in [0.25, 0.3) is 0 Å². The van der Waals surface area contributed by atoms with Gasteiger partial charge in [0.25, 0.3) is 0 Å². The molecule has 1 fully saturated rings. The number of nitrogens with zero attached hydrogens (tertiary/aromatic N) is 4. The van der Waals surface area contributed by atoms with Crippen LogP contribution in [0.1, 0.15) is 19.0 Å². The van der Waals surface area contributed by atoms with Crippen molar-refractivity contribution in [3.63, 3.8) is 0 Å². The van der Waals surface area contributed by atoms with E-state index in [2.05, 4.69) is 15.6 Å². The zero-order chi connectivity index (χ0) is 14.7. The second kappa shape index (κ2) is 5.78. The molecule has 0 radical (unpaired) electrons. The second-order valence-electron chi connectivity index (χ2n) is 4.47. The summed E-state index contributed by atoms with van der Waals surface area (Å²) in [6.07, 6.45) is 2.00. The summed E-state index contributed by atoms with van der Waals surface area (Å²) in [6.45, 7) is 1.81. The van der Waals surface area contributed by atoms with E-state index >= 15 is 0 Å². The number of hydrogen-bond donors (Lipinski definition) is 2. The van der Waals surface area contributed by atoms with E-state index in [1.807, 2.05) is 0 Å². The summed E-state index contributed by atoms with van der Waals surface area (Å²) < 4.78 is 1.34. The van der Waals surface area contributed by atoms with Crippen molar-refractivity contribution >= 4 is 17.7 Å². The molecule has 0 bridgehead atoms. The van der Waals surface area contributed by atoms with E-state index in [1.54, 1.807) is 13.1 Å². The third-order valence-electron chi connectivity index (χ3n) is 3.05. The lowest BCUT2D eigenvalue weighted by atomic mass is 10.1. The zero-order valence-corrected chi connectivity index (χ0v) is 11.1. The second-order valence-corrected chi connectivity index (χ2v) is 4.47. The van der Waals surface area contributed by atoms with Gasteiger partial charge in [0.05, 0.1) is 11.9 Å². The van der Waals surface area contributed by atoms with E-state index < -0.39 is 17.9 Å². The van der Waals surface area contributed by atoms with Crippen molar-refractivity contribution in [1.82, 2.24) is 25.2 Å². The molecule has 0 aliphatic carbocycles. The third kappa shape index (κ3) is 2.82. The Morgan fingerprint density at radius 2 is 2.30 bits per heavy atom. The first kappa shape index (κ1) is 14.1. The molecule has 3 amide bonds. The van der Waals surface area contributed by atoms with E-state index in [0.29, 0.717) is 12.1 Å². The molecule has 9 nitrogen and oxygen atoms in total. The number of piperazine rings is 1. The normalized spacial score (nSPS) is 19.1. The summed E-state index contributed by atoms with van der Waals surface area (Å²) in [6, 6.07) is -0.627. The first-order chi connectivity index (χ1) is 9.55. The molecule has 1 aromatic rings. The Morgan fingerprint density at radius 3 is 2.90 bits per heavy atom. The standard InChI is InChI=1S/C11H16N6O3/c1-2-8-11(20)13-9(18)5-17(8)10(19)6-16-4-7(3-12)14-15-16/h4,8H,2-3,5-6,12H2,1H3,(H,13,18,20). The van der Waals surface area contributed by atoms with Gasteiger partial charge in [-0.2, -0.15) is 0 Å². The van der Waals surface area contributed by atoms with Crippen LogP contribution in [0, 0.1) is 0 Å². The number of aromatic nitrogens is 3. The fourth-order valence-corrected chi connectivity index (χ4v) is 2.07. The van der Waals surface area contributed by atoms with Crippen LogP contribution in [-0.4, -0.2) is 50.2 Å². The molecule has 1 aromatic heterocycles. The minimum atomic E-state index is -0.627. The molecule has 2 heterocycles. The number of carbonyl (C=O) groups excluding carboxylic acids is 3. The lowest BCUT2D eigenvalue weighted by Crippen LogP contribution is -2.60. The molecule has 0 saturated carbocycles. The predicted octanol–water partition coefficient (Wildman–Crippen LogP) is -2.00. The number of carbonyl (C=O) groups is 3. The van der Waals surface area contributed by atoms with Crippen molar-refractivity contribution in [2.24, 2.45) is 5.73 Å². The van der Waals surface area contributed by atoms with Gasteiger partial charge in [-0.3, -0.25) is 19.7 Å². The van der Waals surface area contributed by atoms with Gasteiger partial charge >= 0.3 is 0 Å². The molecule has 1 aliphatic heterocycles. The summed E-state index contributed by atoms with van der Waals surface area (Å²) in [5.74, 6) is -1.28. The smallest absolute Gasteiger partial charge is 0.249 e. The number of hydrogen-bond acceptors (Lipinski definition) is 6. The van der Waals surface area contributed by atoms with E-state index in [4.69, 9.17) is 5.73 Å². The molecular weight excluding hydrogens is 264 g/mol. The quantitative estimate of drug-likeness (QED) is 0.615. The van der Waals surface area contributed by atoms with Gasteiger partial charge in [-0.15, -0.1) is 5.10 Å². The van der Waals surface area contributed by atoms with Gasteiger partial charge in [-0.25, -0.2) is 4.68 Å². The van der Waals surface area contributed by atoms with Crippen LogP contribution in [0.4, 0.5) is 0 Å². The molecule has 1 saturated heterocycles.